The van der Waals surface area contributed by atoms with Gasteiger partial charge in [-0.1, -0.05) is 6.92 Å². The Morgan fingerprint density at radius 2 is 1.85 bits per heavy atom. The average molecular weight is 282 g/mol. The van der Waals surface area contributed by atoms with Gasteiger partial charge in [0.15, 0.2) is 0 Å². The summed E-state index contributed by atoms with van der Waals surface area (Å²) in [5.74, 6) is 0. The quantitative estimate of drug-likeness (QED) is 0.841. The molecule has 0 aliphatic carbocycles. The number of likely N-dealkylation sites (N-methyl/N-ethyl adjacent to an activating group) is 1. The molecule has 4 heteroatoms. The van der Waals surface area contributed by atoms with Crippen molar-refractivity contribution in [2.24, 2.45) is 5.73 Å². The van der Waals surface area contributed by atoms with E-state index < -0.39 is 0 Å². The van der Waals surface area contributed by atoms with Crippen molar-refractivity contribution in [3.63, 3.8) is 0 Å². The molecular formula is C16H34N4. The van der Waals surface area contributed by atoms with E-state index in [0.29, 0.717) is 0 Å². The third kappa shape index (κ3) is 3.53. The van der Waals surface area contributed by atoms with Gasteiger partial charge in [0, 0.05) is 18.1 Å². The van der Waals surface area contributed by atoms with Crippen molar-refractivity contribution in [2.45, 2.75) is 50.6 Å². The second-order valence-electron chi connectivity index (χ2n) is 6.86. The monoisotopic (exact) mass is 282 g/mol. The Kier molecular flexibility index (Phi) is 5.84. The van der Waals surface area contributed by atoms with E-state index in [2.05, 4.69) is 35.7 Å². The Labute approximate surface area is 125 Å². The van der Waals surface area contributed by atoms with Crippen LogP contribution in [0.4, 0.5) is 0 Å². The van der Waals surface area contributed by atoms with E-state index in [1.807, 2.05) is 0 Å². The van der Waals surface area contributed by atoms with Crippen LogP contribution in [-0.2, 0) is 0 Å². The van der Waals surface area contributed by atoms with Crippen LogP contribution in [0.1, 0.15) is 39.0 Å². The standard InChI is InChI=1S/C16H34N4/c1-4-20-11-6-15(7-12-20)19(3)16(14-17)8-5-10-18(2)13-9-16/h15H,4-14,17H2,1-3H3. The number of hydrogen-bond acceptors (Lipinski definition) is 4. The fourth-order valence-electron chi connectivity index (χ4n) is 4.02. The molecule has 0 radical (unpaired) electrons. The van der Waals surface area contributed by atoms with Gasteiger partial charge in [-0.2, -0.15) is 0 Å². The summed E-state index contributed by atoms with van der Waals surface area (Å²) in [6.07, 6.45) is 6.39. The molecule has 2 aliphatic rings. The van der Waals surface area contributed by atoms with Gasteiger partial charge in [-0.05, 0) is 78.9 Å². The summed E-state index contributed by atoms with van der Waals surface area (Å²) in [4.78, 5) is 7.70. The molecule has 1 atom stereocenters. The lowest BCUT2D eigenvalue weighted by atomic mass is 9.86. The maximum Gasteiger partial charge on any atom is 0.0344 e. The first-order chi connectivity index (χ1) is 9.61. The van der Waals surface area contributed by atoms with Crippen LogP contribution in [0, 0.1) is 0 Å². The highest BCUT2D eigenvalue weighted by atomic mass is 15.2. The van der Waals surface area contributed by atoms with Crippen LogP contribution in [0.3, 0.4) is 0 Å². The van der Waals surface area contributed by atoms with Crippen molar-refractivity contribution in [2.75, 3.05) is 53.4 Å². The average Bonchev–Trinajstić information content (AvgIpc) is 2.69. The summed E-state index contributed by atoms with van der Waals surface area (Å²) >= 11 is 0. The van der Waals surface area contributed by atoms with Gasteiger partial charge in [-0.15, -0.1) is 0 Å². The molecule has 2 rings (SSSR count). The topological polar surface area (TPSA) is 35.7 Å². The zero-order chi connectivity index (χ0) is 14.6. The number of hydrogen-bond donors (Lipinski definition) is 1. The highest BCUT2D eigenvalue weighted by Gasteiger charge is 2.38. The number of likely N-dealkylation sites (tertiary alicyclic amines) is 2. The summed E-state index contributed by atoms with van der Waals surface area (Å²) < 4.78 is 0. The minimum atomic E-state index is 0.240. The van der Waals surface area contributed by atoms with Crippen LogP contribution >= 0.6 is 0 Å². The van der Waals surface area contributed by atoms with Crippen molar-refractivity contribution in [1.82, 2.24) is 14.7 Å². The van der Waals surface area contributed by atoms with Crippen molar-refractivity contribution < 1.29 is 0 Å². The first kappa shape index (κ1) is 16.2. The van der Waals surface area contributed by atoms with Crippen molar-refractivity contribution in [3.05, 3.63) is 0 Å². The highest BCUT2D eigenvalue weighted by molar-refractivity contribution is 4.96. The third-order valence-electron chi connectivity index (χ3n) is 5.82. The molecule has 2 saturated heterocycles. The lowest BCUT2D eigenvalue weighted by molar-refractivity contribution is 0.0302. The van der Waals surface area contributed by atoms with Crippen molar-refractivity contribution in [3.8, 4) is 0 Å². The second-order valence-corrected chi connectivity index (χ2v) is 6.86. The fraction of sp³-hybridized carbons (Fsp3) is 1.00. The summed E-state index contributed by atoms with van der Waals surface area (Å²) in [5, 5.41) is 0. The van der Waals surface area contributed by atoms with Crippen LogP contribution in [0.25, 0.3) is 0 Å². The molecule has 0 aromatic rings. The molecule has 2 fully saturated rings. The zero-order valence-electron chi connectivity index (χ0n) is 13.8. The van der Waals surface area contributed by atoms with Gasteiger partial charge in [0.2, 0.25) is 0 Å². The highest BCUT2D eigenvalue weighted by Crippen LogP contribution is 2.31. The molecule has 0 aromatic heterocycles. The minimum absolute atomic E-state index is 0.240. The maximum atomic E-state index is 6.24. The van der Waals surface area contributed by atoms with Crippen molar-refractivity contribution in [1.29, 1.82) is 0 Å². The summed E-state index contributed by atoms with van der Waals surface area (Å²) in [6, 6.07) is 0.727. The zero-order valence-corrected chi connectivity index (χ0v) is 13.8. The van der Waals surface area contributed by atoms with Crippen molar-refractivity contribution >= 4 is 0 Å². The lowest BCUT2D eigenvalue weighted by Crippen LogP contribution is -2.58. The smallest absolute Gasteiger partial charge is 0.0344 e. The Balaban J connectivity index is 1.99. The molecule has 2 heterocycles. The van der Waals surface area contributed by atoms with Crippen LogP contribution in [0.5, 0.6) is 0 Å². The molecule has 2 N–H and O–H groups in total. The number of rotatable bonds is 4. The maximum absolute atomic E-state index is 6.24. The van der Waals surface area contributed by atoms with E-state index in [4.69, 9.17) is 5.73 Å². The van der Waals surface area contributed by atoms with E-state index in [9.17, 15) is 0 Å². The molecule has 2 aliphatic heterocycles. The minimum Gasteiger partial charge on any atom is -0.329 e. The molecule has 118 valence electrons. The van der Waals surface area contributed by atoms with E-state index in [1.165, 1.54) is 64.8 Å². The van der Waals surface area contributed by atoms with Crippen LogP contribution < -0.4 is 5.73 Å². The molecule has 1 unspecified atom stereocenters. The molecule has 4 nitrogen and oxygen atoms in total. The van der Waals surface area contributed by atoms with Gasteiger partial charge in [0.05, 0.1) is 0 Å². The van der Waals surface area contributed by atoms with E-state index in [1.54, 1.807) is 0 Å². The summed E-state index contributed by atoms with van der Waals surface area (Å²) in [6.45, 7) is 9.21. The van der Waals surface area contributed by atoms with Gasteiger partial charge >= 0.3 is 0 Å². The first-order valence-corrected chi connectivity index (χ1v) is 8.45. The predicted octanol–water partition coefficient (Wildman–Crippen LogP) is 1.22. The molecule has 0 spiro atoms. The molecule has 0 aromatic carbocycles. The van der Waals surface area contributed by atoms with Gasteiger partial charge in [0.1, 0.15) is 0 Å². The normalized spacial score (nSPS) is 31.6. The molecular weight excluding hydrogens is 248 g/mol. The Morgan fingerprint density at radius 3 is 2.45 bits per heavy atom. The predicted molar refractivity (Wildman–Crippen MR) is 86.0 cm³/mol. The molecule has 0 amide bonds. The number of nitrogens with two attached hydrogens (primary N) is 1. The fourth-order valence-corrected chi connectivity index (χ4v) is 4.02. The largest absolute Gasteiger partial charge is 0.329 e. The van der Waals surface area contributed by atoms with Gasteiger partial charge in [0.25, 0.3) is 0 Å². The second kappa shape index (κ2) is 7.21. The SMILES string of the molecule is CCN1CCC(N(C)C2(CN)CCCN(C)CC2)CC1. The van der Waals surface area contributed by atoms with Gasteiger partial charge in [-0.3, -0.25) is 4.90 Å². The Hall–Kier alpha value is -0.160. The van der Waals surface area contributed by atoms with Crippen LogP contribution in [-0.4, -0.2) is 79.6 Å². The summed E-state index contributed by atoms with van der Waals surface area (Å²) in [5.41, 5.74) is 6.48. The Bertz CT molecular complexity index is 288. The van der Waals surface area contributed by atoms with E-state index in [0.717, 1.165) is 12.6 Å². The third-order valence-corrected chi connectivity index (χ3v) is 5.82. The number of nitrogens with zero attached hydrogens (tertiary/aromatic N) is 3. The van der Waals surface area contributed by atoms with Gasteiger partial charge in [-0.25, -0.2) is 0 Å². The van der Waals surface area contributed by atoms with E-state index >= 15 is 0 Å². The lowest BCUT2D eigenvalue weighted by Gasteiger charge is -2.47. The summed E-state index contributed by atoms with van der Waals surface area (Å²) in [7, 11) is 4.58. The molecule has 0 saturated carbocycles. The molecule has 20 heavy (non-hydrogen) atoms. The first-order valence-electron chi connectivity index (χ1n) is 8.45. The van der Waals surface area contributed by atoms with Gasteiger partial charge < -0.3 is 15.5 Å². The van der Waals surface area contributed by atoms with Crippen LogP contribution in [0.2, 0.25) is 0 Å². The van der Waals surface area contributed by atoms with E-state index in [-0.39, 0.29) is 5.54 Å². The number of piperidine rings is 1. The Morgan fingerprint density at radius 1 is 1.15 bits per heavy atom. The molecule has 0 bridgehead atoms. The van der Waals surface area contributed by atoms with Crippen LogP contribution in [0.15, 0.2) is 0 Å².